The lowest BCUT2D eigenvalue weighted by atomic mass is 10.1. The van der Waals surface area contributed by atoms with Gasteiger partial charge in [-0.1, -0.05) is 11.3 Å². The van der Waals surface area contributed by atoms with Gasteiger partial charge < -0.3 is 0 Å². The predicted octanol–water partition coefficient (Wildman–Crippen LogP) is 3.41. The number of fused-ring (bicyclic) bond motifs is 1. The van der Waals surface area contributed by atoms with E-state index in [1.807, 2.05) is 19.1 Å². The molecule has 0 spiro atoms. The number of rotatable bonds is 1. The first-order chi connectivity index (χ1) is 6.59. The summed E-state index contributed by atoms with van der Waals surface area (Å²) >= 11 is 5.46. The average molecular weight is 225 g/mol. The summed E-state index contributed by atoms with van der Waals surface area (Å²) in [7, 11) is 0. The van der Waals surface area contributed by atoms with E-state index in [4.69, 9.17) is 0 Å². The molecule has 2 rings (SSSR count). The van der Waals surface area contributed by atoms with Gasteiger partial charge in [0.05, 0.1) is 4.92 Å². The van der Waals surface area contributed by atoms with Crippen LogP contribution in [-0.4, -0.2) is 4.92 Å². The van der Waals surface area contributed by atoms with Crippen molar-refractivity contribution in [1.82, 2.24) is 0 Å². The van der Waals surface area contributed by atoms with Crippen molar-refractivity contribution in [2.24, 2.45) is 0 Å². The van der Waals surface area contributed by atoms with Crippen LogP contribution in [0, 0.1) is 17.0 Å². The lowest BCUT2D eigenvalue weighted by Crippen LogP contribution is -1.81. The summed E-state index contributed by atoms with van der Waals surface area (Å²) in [6.45, 7) is 1.92. The minimum absolute atomic E-state index is 0.182. The highest BCUT2D eigenvalue weighted by molar-refractivity contribution is 7.80. The fourth-order valence-corrected chi connectivity index (χ4v) is 2.45. The highest BCUT2D eigenvalue weighted by Gasteiger charge is 2.13. The Labute approximate surface area is 89.9 Å². The highest BCUT2D eigenvalue weighted by Crippen LogP contribution is 2.35. The van der Waals surface area contributed by atoms with Crippen LogP contribution in [0.25, 0.3) is 10.1 Å². The molecule has 5 heteroatoms. The molecule has 0 saturated carbocycles. The van der Waals surface area contributed by atoms with Gasteiger partial charge in [0.15, 0.2) is 0 Å². The quantitative estimate of drug-likeness (QED) is 0.459. The van der Waals surface area contributed by atoms with Crippen LogP contribution in [0.4, 0.5) is 5.00 Å². The smallest absolute Gasteiger partial charge is 0.258 e. The Bertz CT molecular complexity index is 519. The maximum atomic E-state index is 10.6. The number of thiol groups is 1. The van der Waals surface area contributed by atoms with Gasteiger partial charge in [-0.15, -0.1) is 12.6 Å². The minimum Gasteiger partial charge on any atom is -0.258 e. The number of thiophene rings is 1. The number of benzene rings is 1. The van der Waals surface area contributed by atoms with Gasteiger partial charge in [-0.3, -0.25) is 10.1 Å². The number of nitrogens with zero attached hydrogens (tertiary/aromatic N) is 1. The van der Waals surface area contributed by atoms with Crippen molar-refractivity contribution in [2.45, 2.75) is 11.8 Å². The van der Waals surface area contributed by atoms with E-state index in [9.17, 15) is 10.1 Å². The van der Waals surface area contributed by atoms with Crippen LogP contribution >= 0.6 is 24.0 Å². The van der Waals surface area contributed by atoms with Crippen molar-refractivity contribution >= 4 is 39.1 Å². The normalized spacial score (nSPS) is 10.7. The molecule has 3 nitrogen and oxygen atoms in total. The van der Waals surface area contributed by atoms with Gasteiger partial charge in [0.1, 0.15) is 0 Å². The average Bonchev–Trinajstić information content (AvgIpc) is 2.56. The Morgan fingerprint density at radius 1 is 1.50 bits per heavy atom. The lowest BCUT2D eigenvalue weighted by molar-refractivity contribution is -0.380. The van der Waals surface area contributed by atoms with Gasteiger partial charge in [-0.25, -0.2) is 0 Å². The van der Waals surface area contributed by atoms with Crippen molar-refractivity contribution < 1.29 is 4.92 Å². The Morgan fingerprint density at radius 2 is 2.21 bits per heavy atom. The van der Waals surface area contributed by atoms with Gasteiger partial charge >= 0.3 is 5.00 Å². The third kappa shape index (κ3) is 1.38. The largest absolute Gasteiger partial charge is 0.325 e. The standard InChI is InChI=1S/C9H7NO2S2/c1-5-6-4-9(10(11)12)14-8(6)3-2-7(5)13/h2-4,13H,1H3. The summed E-state index contributed by atoms with van der Waals surface area (Å²) < 4.78 is 0.937. The summed E-state index contributed by atoms with van der Waals surface area (Å²) in [6.07, 6.45) is 0. The van der Waals surface area contributed by atoms with Crippen molar-refractivity contribution in [1.29, 1.82) is 0 Å². The molecule has 0 saturated heterocycles. The summed E-state index contributed by atoms with van der Waals surface area (Å²) in [5.74, 6) is 0. The molecule has 0 aliphatic heterocycles. The Hall–Kier alpha value is -1.07. The van der Waals surface area contributed by atoms with Crippen LogP contribution in [0.15, 0.2) is 23.1 Å². The summed E-state index contributed by atoms with van der Waals surface area (Å²) in [5, 5.41) is 11.7. The SMILES string of the molecule is Cc1c(S)ccc2sc([N+](=O)[O-])cc12. The number of hydrogen-bond donors (Lipinski definition) is 1. The first-order valence-electron chi connectivity index (χ1n) is 3.96. The number of aryl methyl sites for hydroxylation is 1. The molecule has 0 fully saturated rings. The van der Waals surface area contributed by atoms with Crippen molar-refractivity contribution in [3.8, 4) is 0 Å². The molecule has 1 heterocycles. The van der Waals surface area contributed by atoms with E-state index in [0.29, 0.717) is 0 Å². The van der Waals surface area contributed by atoms with Gasteiger partial charge in [-0.2, -0.15) is 0 Å². The summed E-state index contributed by atoms with van der Waals surface area (Å²) in [6, 6.07) is 5.33. The molecule has 72 valence electrons. The molecule has 14 heavy (non-hydrogen) atoms. The topological polar surface area (TPSA) is 43.1 Å². The van der Waals surface area contributed by atoms with Crippen LogP contribution < -0.4 is 0 Å². The zero-order valence-electron chi connectivity index (χ0n) is 7.35. The zero-order chi connectivity index (χ0) is 10.3. The van der Waals surface area contributed by atoms with E-state index >= 15 is 0 Å². The zero-order valence-corrected chi connectivity index (χ0v) is 9.06. The van der Waals surface area contributed by atoms with E-state index in [0.717, 1.165) is 20.5 Å². The van der Waals surface area contributed by atoms with Crippen LogP contribution in [-0.2, 0) is 0 Å². The molecule has 0 amide bonds. The first-order valence-corrected chi connectivity index (χ1v) is 5.22. The maximum absolute atomic E-state index is 10.6. The Balaban J connectivity index is 2.77. The molecular formula is C9H7NO2S2. The molecular weight excluding hydrogens is 218 g/mol. The fraction of sp³-hybridized carbons (Fsp3) is 0.111. The fourth-order valence-electron chi connectivity index (χ4n) is 1.32. The maximum Gasteiger partial charge on any atom is 0.325 e. The second-order valence-corrected chi connectivity index (χ2v) is 4.51. The van der Waals surface area contributed by atoms with E-state index in [1.54, 1.807) is 6.07 Å². The molecule has 0 atom stereocenters. The minimum atomic E-state index is -0.359. The van der Waals surface area contributed by atoms with E-state index in [2.05, 4.69) is 12.6 Å². The van der Waals surface area contributed by atoms with Crippen molar-refractivity contribution in [2.75, 3.05) is 0 Å². The Morgan fingerprint density at radius 3 is 2.86 bits per heavy atom. The molecule has 1 aromatic carbocycles. The third-order valence-corrected chi connectivity index (χ3v) is 3.64. The molecule has 0 bridgehead atoms. The van der Waals surface area contributed by atoms with Gasteiger partial charge in [0.25, 0.3) is 0 Å². The summed E-state index contributed by atoms with van der Waals surface area (Å²) in [4.78, 5) is 11.1. The van der Waals surface area contributed by atoms with Crippen LogP contribution in [0.1, 0.15) is 5.56 Å². The second kappa shape index (κ2) is 3.25. The lowest BCUT2D eigenvalue weighted by Gasteiger charge is -1.97. The van der Waals surface area contributed by atoms with Crippen molar-refractivity contribution in [3.63, 3.8) is 0 Å². The third-order valence-electron chi connectivity index (χ3n) is 2.11. The first kappa shape index (κ1) is 9.48. The Kier molecular flexibility index (Phi) is 2.20. The molecule has 0 aliphatic rings. The van der Waals surface area contributed by atoms with E-state index < -0.39 is 0 Å². The highest BCUT2D eigenvalue weighted by atomic mass is 32.1. The van der Waals surface area contributed by atoms with E-state index in [-0.39, 0.29) is 9.92 Å². The van der Waals surface area contributed by atoms with Crippen molar-refractivity contribution in [3.05, 3.63) is 33.9 Å². The van der Waals surface area contributed by atoms with Gasteiger partial charge in [0, 0.05) is 21.0 Å². The van der Waals surface area contributed by atoms with Gasteiger partial charge in [-0.05, 0) is 24.6 Å². The number of hydrogen-bond acceptors (Lipinski definition) is 4. The molecule has 0 N–H and O–H groups in total. The molecule has 0 unspecified atom stereocenters. The van der Waals surface area contributed by atoms with Crippen LogP contribution in [0.2, 0.25) is 0 Å². The second-order valence-electron chi connectivity index (χ2n) is 2.96. The van der Waals surface area contributed by atoms with Crippen LogP contribution in [0.5, 0.6) is 0 Å². The molecule has 1 aromatic heterocycles. The predicted molar refractivity (Wildman–Crippen MR) is 60.5 cm³/mol. The molecule has 0 aliphatic carbocycles. The molecule has 2 aromatic rings. The summed E-state index contributed by atoms with van der Waals surface area (Å²) in [5.41, 5.74) is 0.996. The van der Waals surface area contributed by atoms with Crippen LogP contribution in [0.3, 0.4) is 0 Å². The number of nitro groups is 1. The van der Waals surface area contributed by atoms with Gasteiger partial charge in [0.2, 0.25) is 0 Å². The molecule has 0 radical (unpaired) electrons. The monoisotopic (exact) mass is 225 g/mol. The van der Waals surface area contributed by atoms with E-state index in [1.165, 1.54) is 11.3 Å².